The number of carbonyl (C=O) groups is 1. The van der Waals surface area contributed by atoms with E-state index in [1.807, 2.05) is 13.8 Å². The molecule has 6 heteroatoms. The standard InChI is InChI=1S/C11H17FN4O/c1-4-16(5-2)11(17)7-15(3)10-6-9(12)13-8-14-10/h6,8H,4-5,7H2,1-3H3. The molecule has 0 fully saturated rings. The lowest BCUT2D eigenvalue weighted by molar-refractivity contribution is -0.129. The van der Waals surface area contributed by atoms with E-state index in [-0.39, 0.29) is 12.5 Å². The number of likely N-dealkylation sites (N-methyl/N-ethyl adjacent to an activating group) is 2. The summed E-state index contributed by atoms with van der Waals surface area (Å²) in [7, 11) is 1.70. The highest BCUT2D eigenvalue weighted by molar-refractivity contribution is 5.80. The Morgan fingerprint density at radius 3 is 2.53 bits per heavy atom. The predicted molar refractivity (Wildman–Crippen MR) is 63.2 cm³/mol. The molecule has 0 aromatic carbocycles. The third kappa shape index (κ3) is 3.65. The van der Waals surface area contributed by atoms with Gasteiger partial charge in [0.15, 0.2) is 0 Å². The van der Waals surface area contributed by atoms with Crippen LogP contribution in [-0.2, 0) is 4.79 Å². The Labute approximate surface area is 100 Å². The first-order chi connectivity index (χ1) is 8.08. The average molecular weight is 240 g/mol. The second-order valence-corrected chi connectivity index (χ2v) is 3.62. The van der Waals surface area contributed by atoms with Gasteiger partial charge in [0, 0.05) is 26.2 Å². The second-order valence-electron chi connectivity index (χ2n) is 3.62. The van der Waals surface area contributed by atoms with Crippen molar-refractivity contribution < 1.29 is 9.18 Å². The van der Waals surface area contributed by atoms with E-state index < -0.39 is 5.95 Å². The molecule has 5 nitrogen and oxygen atoms in total. The van der Waals surface area contributed by atoms with Gasteiger partial charge in [-0.25, -0.2) is 9.97 Å². The highest BCUT2D eigenvalue weighted by Crippen LogP contribution is 2.08. The van der Waals surface area contributed by atoms with Crippen LogP contribution in [0.2, 0.25) is 0 Å². The van der Waals surface area contributed by atoms with Gasteiger partial charge < -0.3 is 9.80 Å². The second kappa shape index (κ2) is 6.12. The summed E-state index contributed by atoms with van der Waals surface area (Å²) in [5.74, 6) is -0.202. The minimum absolute atomic E-state index is 0.00322. The summed E-state index contributed by atoms with van der Waals surface area (Å²) >= 11 is 0. The number of halogens is 1. The lowest BCUT2D eigenvalue weighted by Gasteiger charge is -2.23. The number of carbonyl (C=O) groups excluding carboxylic acids is 1. The molecule has 94 valence electrons. The molecule has 0 bridgehead atoms. The van der Waals surface area contributed by atoms with E-state index >= 15 is 0 Å². The topological polar surface area (TPSA) is 49.3 Å². The van der Waals surface area contributed by atoms with Crippen LogP contribution in [0, 0.1) is 5.95 Å². The smallest absolute Gasteiger partial charge is 0.242 e. The van der Waals surface area contributed by atoms with Crippen LogP contribution in [0.4, 0.5) is 10.2 Å². The molecule has 0 radical (unpaired) electrons. The fraction of sp³-hybridized carbons (Fsp3) is 0.545. The quantitative estimate of drug-likeness (QED) is 0.718. The zero-order valence-corrected chi connectivity index (χ0v) is 10.4. The number of rotatable bonds is 5. The fourth-order valence-electron chi connectivity index (χ4n) is 1.49. The van der Waals surface area contributed by atoms with E-state index in [4.69, 9.17) is 0 Å². The van der Waals surface area contributed by atoms with Crippen molar-refractivity contribution in [1.82, 2.24) is 14.9 Å². The van der Waals surface area contributed by atoms with Crippen molar-refractivity contribution in [3.63, 3.8) is 0 Å². The average Bonchev–Trinajstić information content (AvgIpc) is 2.30. The number of amides is 1. The molecule has 0 aliphatic carbocycles. The van der Waals surface area contributed by atoms with Gasteiger partial charge in [-0.15, -0.1) is 0 Å². The van der Waals surface area contributed by atoms with Crippen molar-refractivity contribution in [3.8, 4) is 0 Å². The zero-order valence-electron chi connectivity index (χ0n) is 10.4. The fourth-order valence-corrected chi connectivity index (χ4v) is 1.49. The summed E-state index contributed by atoms with van der Waals surface area (Å²) in [6.07, 6.45) is 1.14. The molecule has 17 heavy (non-hydrogen) atoms. The van der Waals surface area contributed by atoms with Gasteiger partial charge >= 0.3 is 0 Å². The largest absolute Gasteiger partial charge is 0.350 e. The summed E-state index contributed by atoms with van der Waals surface area (Å²) < 4.78 is 12.9. The van der Waals surface area contributed by atoms with E-state index in [1.54, 1.807) is 16.8 Å². The molecule has 0 atom stereocenters. The van der Waals surface area contributed by atoms with E-state index in [9.17, 15) is 9.18 Å². The molecule has 1 rings (SSSR count). The van der Waals surface area contributed by atoms with Crippen LogP contribution < -0.4 is 4.90 Å². The summed E-state index contributed by atoms with van der Waals surface area (Å²) in [5, 5.41) is 0. The summed E-state index contributed by atoms with van der Waals surface area (Å²) in [6, 6.07) is 1.20. The molecule has 0 spiro atoms. The van der Waals surface area contributed by atoms with Gasteiger partial charge in [0.2, 0.25) is 11.9 Å². The van der Waals surface area contributed by atoms with Crippen LogP contribution in [0.3, 0.4) is 0 Å². The Morgan fingerprint density at radius 2 is 2.00 bits per heavy atom. The molecule has 1 amide bonds. The van der Waals surface area contributed by atoms with Crippen LogP contribution in [-0.4, -0.2) is 47.5 Å². The lowest BCUT2D eigenvalue weighted by atomic mass is 10.4. The Morgan fingerprint density at radius 1 is 1.35 bits per heavy atom. The van der Waals surface area contributed by atoms with Crippen molar-refractivity contribution in [3.05, 3.63) is 18.3 Å². The predicted octanol–water partition coefficient (Wildman–Crippen LogP) is 0.920. The Hall–Kier alpha value is -1.72. The maximum absolute atomic E-state index is 12.9. The monoisotopic (exact) mass is 240 g/mol. The van der Waals surface area contributed by atoms with Crippen LogP contribution in [0.5, 0.6) is 0 Å². The van der Waals surface area contributed by atoms with Crippen molar-refractivity contribution in [1.29, 1.82) is 0 Å². The normalized spacial score (nSPS) is 10.1. The van der Waals surface area contributed by atoms with Crippen LogP contribution in [0.15, 0.2) is 12.4 Å². The first-order valence-corrected chi connectivity index (χ1v) is 5.54. The minimum Gasteiger partial charge on any atom is -0.350 e. The lowest BCUT2D eigenvalue weighted by Crippen LogP contribution is -2.39. The highest BCUT2D eigenvalue weighted by Gasteiger charge is 2.13. The number of hydrogen-bond acceptors (Lipinski definition) is 4. The molecule has 1 heterocycles. The van der Waals surface area contributed by atoms with Crippen molar-refractivity contribution in [2.45, 2.75) is 13.8 Å². The summed E-state index contributed by atoms with van der Waals surface area (Å²) in [4.78, 5) is 22.4. The molecule has 1 aromatic rings. The molecule has 0 unspecified atom stereocenters. The maximum Gasteiger partial charge on any atom is 0.242 e. The summed E-state index contributed by atoms with van der Waals surface area (Å²) in [6.45, 7) is 5.36. The summed E-state index contributed by atoms with van der Waals surface area (Å²) in [5.41, 5.74) is 0. The Kier molecular flexibility index (Phi) is 4.81. The van der Waals surface area contributed by atoms with Gasteiger partial charge in [-0.3, -0.25) is 4.79 Å². The molecule has 0 saturated carbocycles. The minimum atomic E-state index is -0.600. The first kappa shape index (κ1) is 13.3. The van der Waals surface area contributed by atoms with Gasteiger partial charge in [0.05, 0.1) is 6.54 Å². The van der Waals surface area contributed by atoms with Crippen LogP contribution in [0.1, 0.15) is 13.8 Å². The number of hydrogen-bond donors (Lipinski definition) is 0. The first-order valence-electron chi connectivity index (χ1n) is 5.54. The number of aromatic nitrogens is 2. The van der Waals surface area contributed by atoms with Crippen molar-refractivity contribution >= 4 is 11.7 Å². The van der Waals surface area contributed by atoms with Gasteiger partial charge in [0.1, 0.15) is 12.1 Å². The van der Waals surface area contributed by atoms with E-state index in [0.29, 0.717) is 18.9 Å². The van der Waals surface area contributed by atoms with Crippen LogP contribution >= 0.6 is 0 Å². The SMILES string of the molecule is CCN(CC)C(=O)CN(C)c1cc(F)ncn1. The highest BCUT2D eigenvalue weighted by atomic mass is 19.1. The zero-order chi connectivity index (χ0) is 12.8. The Bertz CT molecular complexity index is 381. The molecule has 0 aliphatic heterocycles. The Balaban J connectivity index is 2.66. The van der Waals surface area contributed by atoms with Gasteiger partial charge in [-0.1, -0.05) is 0 Å². The van der Waals surface area contributed by atoms with E-state index in [2.05, 4.69) is 9.97 Å². The number of anilines is 1. The third-order valence-electron chi connectivity index (χ3n) is 2.50. The van der Waals surface area contributed by atoms with Crippen molar-refractivity contribution in [2.75, 3.05) is 31.6 Å². The number of nitrogens with zero attached hydrogens (tertiary/aromatic N) is 4. The van der Waals surface area contributed by atoms with Gasteiger partial charge in [-0.05, 0) is 13.8 Å². The maximum atomic E-state index is 12.9. The van der Waals surface area contributed by atoms with Crippen LogP contribution in [0.25, 0.3) is 0 Å². The molecule has 1 aromatic heterocycles. The van der Waals surface area contributed by atoms with Gasteiger partial charge in [-0.2, -0.15) is 4.39 Å². The van der Waals surface area contributed by atoms with Crippen molar-refractivity contribution in [2.24, 2.45) is 0 Å². The van der Waals surface area contributed by atoms with E-state index in [1.165, 1.54) is 6.07 Å². The molecular formula is C11H17FN4O. The van der Waals surface area contributed by atoms with E-state index in [0.717, 1.165) is 6.33 Å². The molecule has 0 saturated heterocycles. The molecule has 0 aliphatic rings. The third-order valence-corrected chi connectivity index (χ3v) is 2.50. The van der Waals surface area contributed by atoms with Gasteiger partial charge in [0.25, 0.3) is 0 Å². The molecular weight excluding hydrogens is 223 g/mol. The molecule has 0 N–H and O–H groups in total.